The van der Waals surface area contributed by atoms with Crippen molar-refractivity contribution < 1.29 is 18.7 Å². The number of esters is 1. The van der Waals surface area contributed by atoms with Crippen molar-refractivity contribution in [1.29, 1.82) is 0 Å². The third-order valence-corrected chi connectivity index (χ3v) is 8.10. The summed E-state index contributed by atoms with van der Waals surface area (Å²) in [6.45, 7) is 7.54. The molecule has 4 aromatic rings. The fraction of sp³-hybridized carbons (Fsp3) is 0.371. The van der Waals surface area contributed by atoms with Gasteiger partial charge in [-0.05, 0) is 113 Å². The number of carbonyl (C=O) groups is 2. The van der Waals surface area contributed by atoms with Gasteiger partial charge in [0.05, 0.1) is 34.4 Å². The van der Waals surface area contributed by atoms with E-state index >= 15 is 0 Å². The van der Waals surface area contributed by atoms with E-state index in [9.17, 15) is 14.0 Å². The number of benzene rings is 3. The Bertz CT molecular complexity index is 1620. The molecular formula is C35H37ClFN3O3. The van der Waals surface area contributed by atoms with Crippen LogP contribution >= 0.6 is 11.6 Å². The van der Waals surface area contributed by atoms with Gasteiger partial charge in [-0.2, -0.15) is 0 Å². The Morgan fingerprint density at radius 1 is 0.977 bits per heavy atom. The minimum absolute atomic E-state index is 0.115. The molecule has 3 atom stereocenters. The summed E-state index contributed by atoms with van der Waals surface area (Å²) in [5.74, 6) is -0.540. The lowest BCUT2D eigenvalue weighted by atomic mass is 9.96. The molecule has 6 nitrogen and oxygen atoms in total. The van der Waals surface area contributed by atoms with Gasteiger partial charge < -0.3 is 10.1 Å². The molecule has 8 heteroatoms. The van der Waals surface area contributed by atoms with Gasteiger partial charge >= 0.3 is 5.97 Å². The van der Waals surface area contributed by atoms with Crippen LogP contribution in [0, 0.1) is 17.7 Å². The fourth-order valence-corrected chi connectivity index (χ4v) is 5.74. The third-order valence-electron chi connectivity index (χ3n) is 7.85. The van der Waals surface area contributed by atoms with Crippen molar-refractivity contribution in [2.75, 3.05) is 0 Å². The van der Waals surface area contributed by atoms with E-state index < -0.39 is 5.60 Å². The normalized spacial score (nSPS) is 17.5. The lowest BCUT2D eigenvalue weighted by molar-refractivity contribution is -0.159. The molecule has 1 heterocycles. The fourth-order valence-electron chi connectivity index (χ4n) is 5.62. The molecule has 1 aromatic heterocycles. The lowest BCUT2D eigenvalue weighted by Crippen LogP contribution is -2.27. The molecule has 0 radical (unpaired) electrons. The molecule has 5 rings (SSSR count). The quantitative estimate of drug-likeness (QED) is 0.208. The predicted octanol–water partition coefficient (Wildman–Crippen LogP) is 7.80. The second kappa shape index (κ2) is 12.8. The van der Waals surface area contributed by atoms with Crippen LogP contribution in [0.25, 0.3) is 11.0 Å². The number of rotatable bonds is 8. The van der Waals surface area contributed by atoms with E-state index in [1.165, 1.54) is 12.1 Å². The highest BCUT2D eigenvalue weighted by molar-refractivity contribution is 6.30. The molecule has 3 aromatic carbocycles. The molecule has 1 fully saturated rings. The first-order chi connectivity index (χ1) is 20.4. The molecule has 0 spiro atoms. The van der Waals surface area contributed by atoms with Crippen LogP contribution in [0.2, 0.25) is 5.02 Å². The number of fused-ring (bicyclic) bond motifs is 1. The van der Waals surface area contributed by atoms with Crippen LogP contribution in [-0.2, 0) is 22.4 Å². The highest BCUT2D eigenvalue weighted by Gasteiger charge is 2.33. The van der Waals surface area contributed by atoms with Crippen LogP contribution < -0.4 is 5.32 Å². The van der Waals surface area contributed by atoms with E-state index in [1.54, 1.807) is 24.3 Å². The monoisotopic (exact) mass is 601 g/mol. The van der Waals surface area contributed by atoms with Crippen molar-refractivity contribution in [3.05, 3.63) is 106 Å². The summed E-state index contributed by atoms with van der Waals surface area (Å²) in [7, 11) is 0. The summed E-state index contributed by atoms with van der Waals surface area (Å²) in [6.07, 6.45) is 3.73. The van der Waals surface area contributed by atoms with Crippen molar-refractivity contribution in [2.45, 2.75) is 71.4 Å². The summed E-state index contributed by atoms with van der Waals surface area (Å²) in [6, 6.07) is 18.8. The zero-order valence-electron chi connectivity index (χ0n) is 25.0. The minimum atomic E-state index is -0.508. The molecule has 43 heavy (non-hydrogen) atoms. The summed E-state index contributed by atoms with van der Waals surface area (Å²) in [4.78, 5) is 35.9. The third kappa shape index (κ3) is 7.96. The summed E-state index contributed by atoms with van der Waals surface area (Å²) >= 11 is 6.12. The Balaban J connectivity index is 1.39. The van der Waals surface area contributed by atoms with Gasteiger partial charge in [0, 0.05) is 17.0 Å². The van der Waals surface area contributed by atoms with Gasteiger partial charge in [0.15, 0.2) is 0 Å². The second-order valence-corrected chi connectivity index (χ2v) is 12.9. The van der Waals surface area contributed by atoms with Crippen LogP contribution in [0.15, 0.2) is 66.7 Å². The molecule has 1 saturated carbocycles. The van der Waals surface area contributed by atoms with E-state index in [0.29, 0.717) is 34.5 Å². The molecule has 1 aliphatic rings. The number of nitrogens with zero attached hydrogens (tertiary/aromatic N) is 2. The first-order valence-corrected chi connectivity index (χ1v) is 15.1. The van der Waals surface area contributed by atoms with Gasteiger partial charge in [-0.25, -0.2) is 14.4 Å². The molecule has 2 unspecified atom stereocenters. The van der Waals surface area contributed by atoms with E-state index in [4.69, 9.17) is 26.3 Å². The predicted molar refractivity (Wildman–Crippen MR) is 166 cm³/mol. The van der Waals surface area contributed by atoms with Crippen molar-refractivity contribution in [1.82, 2.24) is 15.3 Å². The maximum atomic E-state index is 13.3. The number of aromatic nitrogens is 2. The van der Waals surface area contributed by atoms with Crippen molar-refractivity contribution in [3.8, 4) is 0 Å². The van der Waals surface area contributed by atoms with E-state index in [-0.39, 0.29) is 35.6 Å². The van der Waals surface area contributed by atoms with Crippen LogP contribution in [0.1, 0.15) is 85.9 Å². The molecule has 0 bridgehead atoms. The van der Waals surface area contributed by atoms with Crippen molar-refractivity contribution in [3.63, 3.8) is 0 Å². The summed E-state index contributed by atoms with van der Waals surface area (Å²) < 4.78 is 19.0. The Hall–Kier alpha value is -3.84. The number of hydrogen-bond acceptors (Lipinski definition) is 5. The molecular weight excluding hydrogens is 565 g/mol. The van der Waals surface area contributed by atoms with Crippen LogP contribution in [0.4, 0.5) is 4.39 Å². The zero-order valence-corrected chi connectivity index (χ0v) is 25.7. The Morgan fingerprint density at radius 2 is 1.67 bits per heavy atom. The summed E-state index contributed by atoms with van der Waals surface area (Å²) in [5, 5.41) is 3.66. The molecule has 0 saturated heterocycles. The van der Waals surface area contributed by atoms with E-state index in [0.717, 1.165) is 41.8 Å². The highest BCUT2D eigenvalue weighted by atomic mass is 35.5. The van der Waals surface area contributed by atoms with E-state index in [2.05, 4.69) is 5.32 Å². The molecule has 1 aliphatic carbocycles. The lowest BCUT2D eigenvalue weighted by Gasteiger charge is -2.22. The second-order valence-electron chi connectivity index (χ2n) is 12.5. The van der Waals surface area contributed by atoms with Gasteiger partial charge in [-0.3, -0.25) is 9.59 Å². The number of hydrogen-bond donors (Lipinski definition) is 1. The molecule has 0 aliphatic heterocycles. The van der Waals surface area contributed by atoms with Crippen molar-refractivity contribution >= 4 is 34.5 Å². The van der Waals surface area contributed by atoms with Crippen molar-refractivity contribution in [2.24, 2.45) is 11.8 Å². The average molecular weight is 602 g/mol. The van der Waals surface area contributed by atoms with E-state index in [1.807, 2.05) is 58.0 Å². The molecule has 1 N–H and O–H groups in total. The number of amides is 1. The Labute approximate surface area is 257 Å². The Kier molecular flexibility index (Phi) is 9.11. The zero-order chi connectivity index (χ0) is 30.7. The topological polar surface area (TPSA) is 81.2 Å². The van der Waals surface area contributed by atoms with Gasteiger partial charge in [-0.15, -0.1) is 0 Å². The SMILES string of the molecule is C[C@@H](NC(=O)c1ccc2nc(Cc3ccc(Cl)cc3)c(CC3CCC(C(=O)OC(C)(C)C)C3)nc2c1)c1ccc(F)cc1. The van der Waals surface area contributed by atoms with Gasteiger partial charge in [0.1, 0.15) is 11.4 Å². The number of nitrogens with one attached hydrogen (secondary N) is 1. The van der Waals surface area contributed by atoms with Gasteiger partial charge in [0.25, 0.3) is 5.91 Å². The van der Waals surface area contributed by atoms with Crippen LogP contribution in [0.3, 0.4) is 0 Å². The number of ether oxygens (including phenoxy) is 1. The Morgan fingerprint density at radius 3 is 2.37 bits per heavy atom. The first-order valence-electron chi connectivity index (χ1n) is 14.8. The highest BCUT2D eigenvalue weighted by Crippen LogP contribution is 2.35. The molecule has 224 valence electrons. The summed E-state index contributed by atoms with van der Waals surface area (Å²) in [5.41, 5.74) is 4.93. The average Bonchev–Trinajstić information content (AvgIpc) is 3.42. The largest absolute Gasteiger partial charge is 0.460 e. The maximum absolute atomic E-state index is 13.3. The first kappa shape index (κ1) is 30.6. The smallest absolute Gasteiger partial charge is 0.309 e. The standard InChI is InChI=1S/C35H37ClFN3O3/c1-21(24-9-14-28(37)15-10-24)38-33(41)25-11-16-29-32(20-25)40-31(30(39-29)18-22-6-12-27(36)13-7-22)19-23-5-8-26(17-23)34(42)43-35(2,3)4/h6-7,9-16,20-21,23,26H,5,8,17-19H2,1-4H3,(H,38,41)/t21-,23?,26?/m1/s1. The maximum Gasteiger partial charge on any atom is 0.309 e. The number of halogens is 2. The minimum Gasteiger partial charge on any atom is -0.460 e. The van der Waals surface area contributed by atoms with Gasteiger partial charge in [-0.1, -0.05) is 35.9 Å². The van der Waals surface area contributed by atoms with Crippen LogP contribution in [0.5, 0.6) is 0 Å². The number of carbonyl (C=O) groups excluding carboxylic acids is 2. The van der Waals surface area contributed by atoms with Gasteiger partial charge in [0.2, 0.25) is 0 Å². The molecule has 1 amide bonds. The van der Waals surface area contributed by atoms with Crippen LogP contribution in [-0.4, -0.2) is 27.4 Å².